The number of aliphatic hydroxyl groups is 2. The van der Waals surface area contributed by atoms with E-state index in [1.54, 1.807) is 12.1 Å². The van der Waals surface area contributed by atoms with Gasteiger partial charge in [0.25, 0.3) is 5.75 Å². The lowest BCUT2D eigenvalue weighted by atomic mass is 10.2. The summed E-state index contributed by atoms with van der Waals surface area (Å²) in [4.78, 5) is 12.0. The van der Waals surface area contributed by atoms with Gasteiger partial charge in [-0.3, -0.25) is 0 Å². The molecule has 7 heteroatoms. The summed E-state index contributed by atoms with van der Waals surface area (Å²) < 4.78 is 15.7. The fourth-order valence-electron chi connectivity index (χ4n) is 2.09. The van der Waals surface area contributed by atoms with E-state index in [0.717, 1.165) is 19.3 Å². The zero-order valence-electron chi connectivity index (χ0n) is 14.0. The van der Waals surface area contributed by atoms with Crippen LogP contribution in [-0.2, 0) is 0 Å². The molecule has 1 heterocycles. The lowest BCUT2D eigenvalue weighted by Gasteiger charge is -2.11. The Morgan fingerprint density at radius 1 is 1.36 bits per heavy atom. The van der Waals surface area contributed by atoms with E-state index in [4.69, 9.17) is 19.0 Å². The molecule has 136 valence electrons. The minimum Gasteiger partial charge on any atom is -0.504 e. The molecule has 2 rings (SSSR count). The smallest absolute Gasteiger partial charge is 0.383 e. The molecule has 25 heavy (non-hydrogen) atoms. The lowest BCUT2D eigenvalue weighted by molar-refractivity contribution is 0.0536. The van der Waals surface area contributed by atoms with Gasteiger partial charge in [0.15, 0.2) is 5.75 Å². The summed E-state index contributed by atoms with van der Waals surface area (Å²) >= 11 is 0. The zero-order chi connectivity index (χ0) is 18.2. The minimum absolute atomic E-state index is 0.109. The fourth-order valence-corrected chi connectivity index (χ4v) is 2.09. The van der Waals surface area contributed by atoms with Crippen LogP contribution in [0.2, 0.25) is 0 Å². The normalized spacial score (nSPS) is 12.6. The molecule has 2 aromatic rings. The van der Waals surface area contributed by atoms with Crippen molar-refractivity contribution in [3.63, 3.8) is 0 Å². The van der Waals surface area contributed by atoms with Crippen molar-refractivity contribution in [3.8, 4) is 17.2 Å². The van der Waals surface area contributed by atoms with Gasteiger partial charge in [-0.25, -0.2) is 4.79 Å². The summed E-state index contributed by atoms with van der Waals surface area (Å²) in [6.45, 7) is 1.54. The highest BCUT2D eigenvalue weighted by atomic mass is 16.5. The van der Waals surface area contributed by atoms with Crippen LogP contribution in [0.5, 0.6) is 17.2 Å². The lowest BCUT2D eigenvalue weighted by Crippen LogP contribution is -2.21. The third kappa shape index (κ3) is 4.98. The number of allylic oxidation sites excluding steroid dienone is 1. The molecule has 7 nitrogen and oxygen atoms in total. The Morgan fingerprint density at radius 2 is 2.16 bits per heavy atom. The van der Waals surface area contributed by atoms with Crippen molar-refractivity contribution in [1.82, 2.24) is 0 Å². The number of aromatic hydroxyl groups is 1. The van der Waals surface area contributed by atoms with Gasteiger partial charge in [0.2, 0.25) is 0 Å². The second kappa shape index (κ2) is 9.10. The van der Waals surface area contributed by atoms with Gasteiger partial charge in [-0.15, -0.1) is 0 Å². The number of hydrogen-bond donors (Lipinski definition) is 3. The Labute approximate surface area is 144 Å². The third-order valence-electron chi connectivity index (χ3n) is 3.47. The third-order valence-corrected chi connectivity index (χ3v) is 3.47. The summed E-state index contributed by atoms with van der Waals surface area (Å²) in [7, 11) is 0. The highest BCUT2D eigenvalue weighted by molar-refractivity contribution is 5.86. The van der Waals surface area contributed by atoms with Gasteiger partial charge in [0.05, 0.1) is 18.3 Å². The second-order valence-corrected chi connectivity index (χ2v) is 5.50. The first-order chi connectivity index (χ1) is 12.1. The van der Waals surface area contributed by atoms with Crippen LogP contribution >= 0.6 is 0 Å². The molecule has 1 aromatic heterocycles. The Balaban J connectivity index is 2.21. The van der Waals surface area contributed by atoms with Gasteiger partial charge in [-0.05, 0) is 31.1 Å². The van der Waals surface area contributed by atoms with Crippen molar-refractivity contribution in [2.75, 3.05) is 13.2 Å². The van der Waals surface area contributed by atoms with Crippen molar-refractivity contribution in [2.24, 2.45) is 0 Å². The van der Waals surface area contributed by atoms with E-state index in [1.807, 2.05) is 0 Å². The van der Waals surface area contributed by atoms with Crippen LogP contribution in [0, 0.1) is 0 Å². The molecule has 1 aromatic carbocycles. The fraction of sp³-hybridized carbons (Fsp3) is 0.389. The molecule has 0 bridgehead atoms. The van der Waals surface area contributed by atoms with Gasteiger partial charge in [0.1, 0.15) is 24.0 Å². The van der Waals surface area contributed by atoms with Crippen LogP contribution in [0.15, 0.2) is 39.7 Å². The Hall–Kier alpha value is -2.51. The van der Waals surface area contributed by atoms with Crippen molar-refractivity contribution >= 4 is 11.0 Å². The maximum Gasteiger partial charge on any atom is 0.383 e. The molecular weight excluding hydrogens is 328 g/mol. The molecule has 0 aliphatic heterocycles. The molecule has 0 radical (unpaired) electrons. The second-order valence-electron chi connectivity index (χ2n) is 5.50. The molecular formula is C18H22O7. The number of aliphatic hydroxyl groups excluding tert-OH is 2. The van der Waals surface area contributed by atoms with Gasteiger partial charge >= 0.3 is 5.63 Å². The van der Waals surface area contributed by atoms with Gasteiger partial charge in [0, 0.05) is 6.07 Å². The Kier molecular flexibility index (Phi) is 6.85. The van der Waals surface area contributed by atoms with Gasteiger partial charge < -0.3 is 29.2 Å². The summed E-state index contributed by atoms with van der Waals surface area (Å²) in [6.07, 6.45) is 5.00. The average Bonchev–Trinajstić information content (AvgIpc) is 2.61. The van der Waals surface area contributed by atoms with E-state index in [0.29, 0.717) is 11.1 Å². The monoisotopic (exact) mass is 350 g/mol. The number of unbranched alkanes of at least 4 members (excludes halogenated alkanes) is 2. The predicted molar refractivity (Wildman–Crippen MR) is 92.0 cm³/mol. The molecule has 0 amide bonds. The molecule has 1 atom stereocenters. The SMILES string of the molecule is CCCCC=COc1c(O)c2ccc(OCC(O)CO)cc2oc1=O. The van der Waals surface area contributed by atoms with E-state index in [9.17, 15) is 15.0 Å². The van der Waals surface area contributed by atoms with Gasteiger partial charge in [-0.1, -0.05) is 13.3 Å². The average molecular weight is 350 g/mol. The van der Waals surface area contributed by atoms with Crippen LogP contribution in [0.25, 0.3) is 11.0 Å². The zero-order valence-corrected chi connectivity index (χ0v) is 14.0. The number of hydrogen-bond acceptors (Lipinski definition) is 7. The van der Waals surface area contributed by atoms with E-state index in [-0.39, 0.29) is 23.7 Å². The summed E-state index contributed by atoms with van der Waals surface area (Å²) in [6, 6.07) is 4.48. The molecule has 3 N–H and O–H groups in total. The van der Waals surface area contributed by atoms with E-state index in [1.165, 1.54) is 18.4 Å². The molecule has 1 unspecified atom stereocenters. The summed E-state index contributed by atoms with van der Waals surface area (Å²) in [5.74, 6) is -0.256. The number of rotatable bonds is 9. The Morgan fingerprint density at radius 3 is 2.88 bits per heavy atom. The quantitative estimate of drug-likeness (QED) is 0.362. The van der Waals surface area contributed by atoms with E-state index >= 15 is 0 Å². The van der Waals surface area contributed by atoms with Crippen molar-refractivity contribution < 1.29 is 29.2 Å². The van der Waals surface area contributed by atoms with Crippen LogP contribution in [0.4, 0.5) is 0 Å². The predicted octanol–water partition coefficient (Wildman–Crippen LogP) is 2.31. The Bertz CT molecular complexity index is 779. The first kappa shape index (κ1) is 18.8. The molecule has 0 spiro atoms. The summed E-state index contributed by atoms with van der Waals surface area (Å²) in [5, 5.41) is 28.6. The highest BCUT2D eigenvalue weighted by Gasteiger charge is 2.15. The van der Waals surface area contributed by atoms with Crippen LogP contribution in [0.1, 0.15) is 26.2 Å². The van der Waals surface area contributed by atoms with Crippen LogP contribution in [-0.4, -0.2) is 34.6 Å². The topological polar surface area (TPSA) is 109 Å². The van der Waals surface area contributed by atoms with Crippen molar-refractivity contribution in [1.29, 1.82) is 0 Å². The largest absolute Gasteiger partial charge is 0.504 e. The van der Waals surface area contributed by atoms with Crippen molar-refractivity contribution in [3.05, 3.63) is 41.0 Å². The first-order valence-corrected chi connectivity index (χ1v) is 8.10. The highest BCUT2D eigenvalue weighted by Crippen LogP contribution is 2.33. The van der Waals surface area contributed by atoms with E-state index in [2.05, 4.69) is 6.92 Å². The van der Waals surface area contributed by atoms with Crippen molar-refractivity contribution in [2.45, 2.75) is 32.3 Å². The maximum atomic E-state index is 12.0. The van der Waals surface area contributed by atoms with E-state index < -0.39 is 18.3 Å². The molecule has 0 aliphatic rings. The molecule has 0 aliphatic carbocycles. The first-order valence-electron chi connectivity index (χ1n) is 8.10. The van der Waals surface area contributed by atoms with Crippen LogP contribution in [0.3, 0.4) is 0 Å². The molecule has 0 fully saturated rings. The number of ether oxygens (including phenoxy) is 2. The minimum atomic E-state index is -1.01. The molecule has 0 saturated carbocycles. The van der Waals surface area contributed by atoms with Crippen LogP contribution < -0.4 is 15.1 Å². The summed E-state index contributed by atoms with van der Waals surface area (Å²) in [5.41, 5.74) is -0.682. The number of benzene rings is 1. The van der Waals surface area contributed by atoms with Gasteiger partial charge in [-0.2, -0.15) is 0 Å². The maximum absolute atomic E-state index is 12.0. The molecule has 0 saturated heterocycles. The number of fused-ring (bicyclic) bond motifs is 1. The standard InChI is InChI=1S/C18H22O7/c1-2-3-4-5-8-23-17-16(21)14-7-6-13(24-11-12(20)10-19)9-15(14)25-18(17)22/h5-9,12,19-21H,2-4,10-11H2,1H3.